The standard InChI is InChI=1S/C14H18ClN3O/c1-18-12-3-2-10(15)6-11(12)17-13(18)7-16-8-14(9-19)4-5-14/h2-3,6,16,19H,4-5,7-9H2,1H3. The van der Waals surface area contributed by atoms with Gasteiger partial charge in [0.1, 0.15) is 5.82 Å². The van der Waals surface area contributed by atoms with E-state index in [1.54, 1.807) is 0 Å². The van der Waals surface area contributed by atoms with Crippen molar-refractivity contribution >= 4 is 22.6 Å². The summed E-state index contributed by atoms with van der Waals surface area (Å²) in [7, 11) is 2.01. The Morgan fingerprint density at radius 3 is 2.95 bits per heavy atom. The molecular formula is C14H18ClN3O. The molecule has 0 bridgehead atoms. The van der Waals surface area contributed by atoms with E-state index in [1.165, 1.54) is 0 Å². The Morgan fingerprint density at radius 2 is 2.26 bits per heavy atom. The Balaban J connectivity index is 1.72. The number of aliphatic hydroxyl groups is 1. The van der Waals surface area contributed by atoms with E-state index in [4.69, 9.17) is 11.6 Å². The lowest BCUT2D eigenvalue weighted by Crippen LogP contribution is -2.27. The molecule has 1 aromatic heterocycles. The predicted molar refractivity (Wildman–Crippen MR) is 76.2 cm³/mol. The van der Waals surface area contributed by atoms with Crippen molar-refractivity contribution in [2.75, 3.05) is 13.2 Å². The van der Waals surface area contributed by atoms with Gasteiger partial charge in [-0.05, 0) is 31.0 Å². The van der Waals surface area contributed by atoms with Crippen LogP contribution in [-0.4, -0.2) is 27.8 Å². The second kappa shape index (κ2) is 4.78. The Morgan fingerprint density at radius 1 is 1.47 bits per heavy atom. The average molecular weight is 280 g/mol. The van der Waals surface area contributed by atoms with Crippen LogP contribution in [0.4, 0.5) is 0 Å². The van der Waals surface area contributed by atoms with Crippen molar-refractivity contribution in [3.05, 3.63) is 29.0 Å². The highest BCUT2D eigenvalue weighted by atomic mass is 35.5. The third-order valence-electron chi connectivity index (χ3n) is 4.01. The van der Waals surface area contributed by atoms with Crippen molar-refractivity contribution in [1.29, 1.82) is 0 Å². The fourth-order valence-corrected chi connectivity index (χ4v) is 2.55. The van der Waals surface area contributed by atoms with Crippen LogP contribution < -0.4 is 5.32 Å². The molecule has 0 unspecified atom stereocenters. The van der Waals surface area contributed by atoms with E-state index < -0.39 is 0 Å². The molecule has 0 saturated heterocycles. The molecule has 19 heavy (non-hydrogen) atoms. The van der Waals surface area contributed by atoms with Crippen molar-refractivity contribution in [3.8, 4) is 0 Å². The number of aromatic nitrogens is 2. The maximum atomic E-state index is 9.28. The van der Waals surface area contributed by atoms with Gasteiger partial charge >= 0.3 is 0 Å². The summed E-state index contributed by atoms with van der Waals surface area (Å²) in [5, 5.41) is 13.4. The highest BCUT2D eigenvalue weighted by Crippen LogP contribution is 2.44. The maximum absolute atomic E-state index is 9.28. The van der Waals surface area contributed by atoms with E-state index >= 15 is 0 Å². The molecule has 0 atom stereocenters. The van der Waals surface area contributed by atoms with Gasteiger partial charge in [0.25, 0.3) is 0 Å². The number of rotatable bonds is 5. The summed E-state index contributed by atoms with van der Waals surface area (Å²) < 4.78 is 2.08. The Kier molecular flexibility index (Phi) is 3.25. The highest BCUT2D eigenvalue weighted by Gasteiger charge is 2.41. The molecular weight excluding hydrogens is 262 g/mol. The topological polar surface area (TPSA) is 50.1 Å². The van der Waals surface area contributed by atoms with Crippen molar-refractivity contribution in [2.45, 2.75) is 19.4 Å². The zero-order valence-corrected chi connectivity index (χ0v) is 11.7. The van der Waals surface area contributed by atoms with Crippen LogP contribution in [0.2, 0.25) is 5.02 Å². The lowest BCUT2D eigenvalue weighted by molar-refractivity contribution is 0.207. The monoisotopic (exact) mass is 279 g/mol. The number of halogens is 1. The minimum Gasteiger partial charge on any atom is -0.396 e. The first-order chi connectivity index (χ1) is 9.13. The Labute approximate surface area is 117 Å². The van der Waals surface area contributed by atoms with Crippen molar-refractivity contribution in [1.82, 2.24) is 14.9 Å². The van der Waals surface area contributed by atoms with Gasteiger partial charge in [-0.1, -0.05) is 11.6 Å². The quantitative estimate of drug-likeness (QED) is 0.881. The third-order valence-corrected chi connectivity index (χ3v) is 4.25. The lowest BCUT2D eigenvalue weighted by atomic mass is 10.1. The van der Waals surface area contributed by atoms with Gasteiger partial charge in [-0.3, -0.25) is 0 Å². The number of nitrogens with zero attached hydrogens (tertiary/aromatic N) is 2. The molecule has 0 radical (unpaired) electrons. The summed E-state index contributed by atoms with van der Waals surface area (Å²) in [5.74, 6) is 0.992. The van der Waals surface area contributed by atoms with Crippen LogP contribution in [-0.2, 0) is 13.6 Å². The van der Waals surface area contributed by atoms with Gasteiger partial charge in [0.05, 0.1) is 17.6 Å². The number of aryl methyl sites for hydroxylation is 1. The molecule has 0 spiro atoms. The van der Waals surface area contributed by atoms with Crippen LogP contribution in [0.5, 0.6) is 0 Å². The lowest BCUT2D eigenvalue weighted by Gasteiger charge is -2.12. The number of hydrogen-bond donors (Lipinski definition) is 2. The van der Waals surface area contributed by atoms with E-state index in [0.29, 0.717) is 11.6 Å². The smallest absolute Gasteiger partial charge is 0.123 e. The highest BCUT2D eigenvalue weighted by molar-refractivity contribution is 6.31. The molecule has 1 aliphatic carbocycles. The zero-order valence-electron chi connectivity index (χ0n) is 11.0. The van der Waals surface area contributed by atoms with E-state index in [-0.39, 0.29) is 12.0 Å². The third kappa shape index (κ3) is 2.48. The molecule has 0 aliphatic heterocycles. The second-order valence-corrected chi connectivity index (χ2v) is 5.92. The first kappa shape index (κ1) is 12.9. The van der Waals surface area contributed by atoms with Gasteiger partial charge in [0.2, 0.25) is 0 Å². The van der Waals surface area contributed by atoms with Crippen molar-refractivity contribution in [3.63, 3.8) is 0 Å². The normalized spacial score (nSPS) is 17.0. The van der Waals surface area contributed by atoms with E-state index in [0.717, 1.165) is 36.2 Å². The molecule has 1 heterocycles. The summed E-state index contributed by atoms with van der Waals surface area (Å²) in [6, 6.07) is 5.76. The van der Waals surface area contributed by atoms with Gasteiger partial charge < -0.3 is 15.0 Å². The minimum absolute atomic E-state index is 0.133. The van der Waals surface area contributed by atoms with Crippen LogP contribution in [0.1, 0.15) is 18.7 Å². The molecule has 1 saturated carbocycles. The SMILES string of the molecule is Cn1c(CNCC2(CO)CC2)nc2cc(Cl)ccc21. The van der Waals surface area contributed by atoms with Crippen molar-refractivity contribution in [2.24, 2.45) is 12.5 Å². The van der Waals surface area contributed by atoms with Gasteiger partial charge in [0, 0.05) is 30.6 Å². The second-order valence-electron chi connectivity index (χ2n) is 5.48. The number of hydrogen-bond acceptors (Lipinski definition) is 3. The number of nitrogens with one attached hydrogen (secondary N) is 1. The molecule has 1 fully saturated rings. The van der Waals surface area contributed by atoms with Crippen LogP contribution in [0.3, 0.4) is 0 Å². The van der Waals surface area contributed by atoms with Crippen molar-refractivity contribution < 1.29 is 5.11 Å². The summed E-state index contributed by atoms with van der Waals surface area (Å²) in [6.07, 6.45) is 2.24. The first-order valence-electron chi connectivity index (χ1n) is 6.56. The largest absolute Gasteiger partial charge is 0.396 e. The molecule has 2 N–H and O–H groups in total. The molecule has 1 aliphatic rings. The number of imidazole rings is 1. The average Bonchev–Trinajstić information content (AvgIpc) is 3.11. The number of benzene rings is 1. The van der Waals surface area contributed by atoms with Gasteiger partial charge in [0.15, 0.2) is 0 Å². The van der Waals surface area contributed by atoms with Crippen LogP contribution >= 0.6 is 11.6 Å². The molecule has 2 aromatic rings. The van der Waals surface area contributed by atoms with Crippen LogP contribution in [0.15, 0.2) is 18.2 Å². The molecule has 0 amide bonds. The van der Waals surface area contributed by atoms with E-state index in [2.05, 4.69) is 14.9 Å². The van der Waals surface area contributed by atoms with Gasteiger partial charge in [-0.2, -0.15) is 0 Å². The van der Waals surface area contributed by atoms with E-state index in [9.17, 15) is 5.11 Å². The number of fused-ring (bicyclic) bond motifs is 1. The van der Waals surface area contributed by atoms with Crippen LogP contribution in [0, 0.1) is 5.41 Å². The summed E-state index contributed by atoms with van der Waals surface area (Å²) in [5.41, 5.74) is 2.15. The fourth-order valence-electron chi connectivity index (χ4n) is 2.39. The molecule has 102 valence electrons. The maximum Gasteiger partial charge on any atom is 0.123 e. The van der Waals surface area contributed by atoms with Gasteiger partial charge in [-0.15, -0.1) is 0 Å². The number of aliphatic hydroxyl groups excluding tert-OH is 1. The van der Waals surface area contributed by atoms with Gasteiger partial charge in [-0.25, -0.2) is 4.98 Å². The Hall–Kier alpha value is -1.10. The summed E-state index contributed by atoms with van der Waals surface area (Å²) in [6.45, 7) is 1.84. The molecule has 5 heteroatoms. The molecule has 1 aromatic carbocycles. The van der Waals surface area contributed by atoms with Crippen LogP contribution in [0.25, 0.3) is 11.0 Å². The first-order valence-corrected chi connectivity index (χ1v) is 6.94. The minimum atomic E-state index is 0.133. The Bertz CT molecular complexity index is 604. The fraction of sp³-hybridized carbons (Fsp3) is 0.500. The summed E-state index contributed by atoms with van der Waals surface area (Å²) >= 11 is 5.98. The molecule has 3 rings (SSSR count). The zero-order chi connectivity index (χ0) is 13.5. The predicted octanol–water partition coefficient (Wildman–Crippen LogP) is 2.09. The summed E-state index contributed by atoms with van der Waals surface area (Å²) in [4.78, 5) is 4.59. The van der Waals surface area contributed by atoms with E-state index in [1.807, 2.05) is 25.2 Å². The molecule has 4 nitrogen and oxygen atoms in total.